The largest absolute Gasteiger partial charge is 0.316 e. The Balaban J connectivity index is 2.39. The molecule has 0 aromatic carbocycles. The summed E-state index contributed by atoms with van der Waals surface area (Å²) < 4.78 is 0. The van der Waals surface area contributed by atoms with Crippen molar-refractivity contribution in [1.29, 1.82) is 0 Å². The van der Waals surface area contributed by atoms with Gasteiger partial charge in [0, 0.05) is 19.6 Å². The molecular weight excluding hydrogens is 208 g/mol. The summed E-state index contributed by atoms with van der Waals surface area (Å²) in [5.74, 6) is 0. The standard InChI is InChI=1S/C15H32N2/c1-5-8-15(9-7-10-16-12-15)13-17-11-14(3,4)6-2/h16-17H,5-13H2,1-4H3. The fourth-order valence-electron chi connectivity index (χ4n) is 2.80. The fourth-order valence-corrected chi connectivity index (χ4v) is 2.80. The van der Waals surface area contributed by atoms with Crippen molar-refractivity contribution < 1.29 is 0 Å². The van der Waals surface area contributed by atoms with Crippen LogP contribution in [0.3, 0.4) is 0 Å². The van der Waals surface area contributed by atoms with E-state index in [0.717, 1.165) is 6.54 Å². The number of rotatable bonds is 7. The molecule has 2 nitrogen and oxygen atoms in total. The molecule has 0 aromatic heterocycles. The second kappa shape index (κ2) is 6.75. The summed E-state index contributed by atoms with van der Waals surface area (Å²) >= 11 is 0. The van der Waals surface area contributed by atoms with Crippen LogP contribution in [0.15, 0.2) is 0 Å². The number of hydrogen-bond acceptors (Lipinski definition) is 2. The smallest absolute Gasteiger partial charge is 0.00202 e. The topological polar surface area (TPSA) is 24.1 Å². The van der Waals surface area contributed by atoms with E-state index in [4.69, 9.17) is 0 Å². The zero-order valence-electron chi connectivity index (χ0n) is 12.4. The first-order valence-corrected chi connectivity index (χ1v) is 7.45. The molecule has 0 radical (unpaired) electrons. The SMILES string of the molecule is CCCC1(CNCC(C)(C)CC)CCCNC1. The van der Waals surface area contributed by atoms with Crippen molar-refractivity contribution in [3.63, 3.8) is 0 Å². The summed E-state index contributed by atoms with van der Waals surface area (Å²) in [6.45, 7) is 14.1. The van der Waals surface area contributed by atoms with Crippen molar-refractivity contribution in [2.75, 3.05) is 26.2 Å². The minimum absolute atomic E-state index is 0.440. The van der Waals surface area contributed by atoms with Crippen molar-refractivity contribution in [2.24, 2.45) is 10.8 Å². The lowest BCUT2D eigenvalue weighted by atomic mass is 9.76. The van der Waals surface area contributed by atoms with Gasteiger partial charge in [-0.25, -0.2) is 0 Å². The Morgan fingerprint density at radius 2 is 2.06 bits per heavy atom. The highest BCUT2D eigenvalue weighted by Crippen LogP contribution is 2.31. The molecule has 17 heavy (non-hydrogen) atoms. The number of piperidine rings is 1. The first kappa shape index (κ1) is 15.0. The van der Waals surface area contributed by atoms with Crippen molar-refractivity contribution in [2.45, 2.75) is 59.8 Å². The molecule has 0 spiro atoms. The van der Waals surface area contributed by atoms with Crippen molar-refractivity contribution in [3.8, 4) is 0 Å². The van der Waals surface area contributed by atoms with Crippen LogP contribution in [0.1, 0.15) is 59.8 Å². The molecule has 0 bridgehead atoms. The second-order valence-corrected chi connectivity index (χ2v) is 6.65. The Kier molecular flexibility index (Phi) is 5.94. The molecule has 1 saturated heterocycles. The quantitative estimate of drug-likeness (QED) is 0.714. The fraction of sp³-hybridized carbons (Fsp3) is 1.00. The van der Waals surface area contributed by atoms with Gasteiger partial charge in [0.2, 0.25) is 0 Å². The lowest BCUT2D eigenvalue weighted by Gasteiger charge is -2.39. The Bertz CT molecular complexity index is 199. The van der Waals surface area contributed by atoms with Crippen molar-refractivity contribution in [3.05, 3.63) is 0 Å². The minimum Gasteiger partial charge on any atom is -0.316 e. The maximum absolute atomic E-state index is 3.73. The molecule has 1 unspecified atom stereocenters. The van der Waals surface area contributed by atoms with Gasteiger partial charge in [0.1, 0.15) is 0 Å². The van der Waals surface area contributed by atoms with Crippen LogP contribution in [-0.2, 0) is 0 Å². The maximum Gasteiger partial charge on any atom is 0.00202 e. The Morgan fingerprint density at radius 1 is 1.29 bits per heavy atom. The summed E-state index contributed by atoms with van der Waals surface area (Å²) in [5, 5.41) is 7.31. The van der Waals surface area contributed by atoms with E-state index in [2.05, 4.69) is 38.3 Å². The van der Waals surface area contributed by atoms with E-state index < -0.39 is 0 Å². The summed E-state index contributed by atoms with van der Waals surface area (Å²) in [7, 11) is 0. The monoisotopic (exact) mass is 240 g/mol. The highest BCUT2D eigenvalue weighted by molar-refractivity contribution is 4.87. The van der Waals surface area contributed by atoms with Gasteiger partial charge in [0.15, 0.2) is 0 Å². The van der Waals surface area contributed by atoms with Crippen molar-refractivity contribution in [1.82, 2.24) is 10.6 Å². The third-order valence-corrected chi connectivity index (χ3v) is 4.40. The third kappa shape index (κ3) is 4.97. The summed E-state index contributed by atoms with van der Waals surface area (Å²) in [5.41, 5.74) is 0.965. The van der Waals surface area contributed by atoms with Gasteiger partial charge in [0.05, 0.1) is 0 Å². The van der Waals surface area contributed by atoms with E-state index in [1.807, 2.05) is 0 Å². The van der Waals surface area contributed by atoms with E-state index >= 15 is 0 Å². The zero-order chi connectivity index (χ0) is 12.8. The van der Waals surface area contributed by atoms with Crippen LogP contribution in [-0.4, -0.2) is 26.2 Å². The van der Waals surface area contributed by atoms with Crippen LogP contribution < -0.4 is 10.6 Å². The van der Waals surface area contributed by atoms with E-state index in [9.17, 15) is 0 Å². The van der Waals surface area contributed by atoms with E-state index in [1.54, 1.807) is 0 Å². The predicted molar refractivity (Wildman–Crippen MR) is 76.4 cm³/mol. The van der Waals surface area contributed by atoms with Crippen LogP contribution in [0.5, 0.6) is 0 Å². The molecule has 2 N–H and O–H groups in total. The van der Waals surface area contributed by atoms with Gasteiger partial charge in [-0.05, 0) is 43.1 Å². The Hall–Kier alpha value is -0.0800. The summed E-state index contributed by atoms with van der Waals surface area (Å²) in [4.78, 5) is 0. The second-order valence-electron chi connectivity index (χ2n) is 6.65. The molecule has 1 aliphatic heterocycles. The molecule has 1 rings (SSSR count). The van der Waals surface area contributed by atoms with Crippen LogP contribution in [0, 0.1) is 10.8 Å². The van der Waals surface area contributed by atoms with Crippen LogP contribution in [0.2, 0.25) is 0 Å². The molecule has 0 amide bonds. The van der Waals surface area contributed by atoms with Crippen molar-refractivity contribution >= 4 is 0 Å². The van der Waals surface area contributed by atoms with Gasteiger partial charge in [-0.2, -0.15) is 0 Å². The van der Waals surface area contributed by atoms with Gasteiger partial charge in [-0.1, -0.05) is 34.1 Å². The molecule has 102 valence electrons. The Labute approximate surface area is 108 Å². The average Bonchev–Trinajstić information content (AvgIpc) is 2.30. The first-order chi connectivity index (χ1) is 8.04. The Morgan fingerprint density at radius 3 is 2.59 bits per heavy atom. The third-order valence-electron chi connectivity index (χ3n) is 4.40. The molecule has 1 heterocycles. The highest BCUT2D eigenvalue weighted by atomic mass is 14.9. The molecule has 1 aliphatic rings. The molecular formula is C15H32N2. The minimum atomic E-state index is 0.440. The predicted octanol–water partition coefficient (Wildman–Crippen LogP) is 3.18. The summed E-state index contributed by atoms with van der Waals surface area (Å²) in [6, 6.07) is 0. The van der Waals surface area contributed by atoms with Gasteiger partial charge in [0.25, 0.3) is 0 Å². The van der Waals surface area contributed by atoms with Crippen LogP contribution in [0.25, 0.3) is 0 Å². The number of hydrogen-bond donors (Lipinski definition) is 2. The first-order valence-electron chi connectivity index (χ1n) is 7.45. The maximum atomic E-state index is 3.73. The lowest BCUT2D eigenvalue weighted by Crippen LogP contribution is -2.47. The molecule has 0 saturated carbocycles. The molecule has 0 aliphatic carbocycles. The van der Waals surface area contributed by atoms with Gasteiger partial charge in [-0.3, -0.25) is 0 Å². The average molecular weight is 240 g/mol. The molecule has 1 fully saturated rings. The molecule has 0 aromatic rings. The molecule has 2 heteroatoms. The molecule has 1 atom stereocenters. The van der Waals surface area contributed by atoms with Crippen LogP contribution >= 0.6 is 0 Å². The van der Waals surface area contributed by atoms with Gasteiger partial charge in [-0.15, -0.1) is 0 Å². The van der Waals surface area contributed by atoms with E-state index in [0.29, 0.717) is 10.8 Å². The lowest BCUT2D eigenvalue weighted by molar-refractivity contribution is 0.173. The van der Waals surface area contributed by atoms with E-state index in [-0.39, 0.29) is 0 Å². The summed E-state index contributed by atoms with van der Waals surface area (Å²) in [6.07, 6.45) is 6.66. The zero-order valence-corrected chi connectivity index (χ0v) is 12.4. The van der Waals surface area contributed by atoms with E-state index in [1.165, 1.54) is 51.7 Å². The van der Waals surface area contributed by atoms with Gasteiger partial charge >= 0.3 is 0 Å². The normalized spacial score (nSPS) is 26.1. The van der Waals surface area contributed by atoms with Crippen LogP contribution in [0.4, 0.5) is 0 Å². The highest BCUT2D eigenvalue weighted by Gasteiger charge is 2.31. The van der Waals surface area contributed by atoms with Gasteiger partial charge < -0.3 is 10.6 Å². The number of nitrogens with one attached hydrogen (secondary N) is 2.